The van der Waals surface area contributed by atoms with Gasteiger partial charge >= 0.3 is 17.8 Å². The van der Waals surface area contributed by atoms with Crippen LogP contribution in [-0.4, -0.2) is 22.2 Å². The van der Waals surface area contributed by atoms with Gasteiger partial charge in [-0.2, -0.15) is 0 Å². The van der Waals surface area contributed by atoms with Crippen LogP contribution in [0.5, 0.6) is 11.5 Å². The van der Waals surface area contributed by atoms with E-state index in [1.54, 1.807) is 20.8 Å². The van der Waals surface area contributed by atoms with E-state index >= 15 is 0 Å². The van der Waals surface area contributed by atoms with Gasteiger partial charge in [-0.15, -0.1) is 0 Å². The van der Waals surface area contributed by atoms with Gasteiger partial charge in [-0.25, -0.2) is 4.79 Å². The van der Waals surface area contributed by atoms with Gasteiger partial charge in [0.05, 0.1) is 15.9 Å². The SMILES string of the molecule is Cc1c(OC(=O)C(C)(C)C)ccc(OC(=O)O)c1[N+](=O)[O-]. The second-order valence-corrected chi connectivity index (χ2v) is 5.30. The molecule has 1 N–H and O–H groups in total. The predicted octanol–water partition coefficient (Wildman–Crippen LogP) is 2.91. The number of carbonyl (C=O) groups excluding carboxylic acids is 1. The molecule has 0 aliphatic rings. The Bertz CT molecular complexity index is 601. The number of nitro groups is 1. The van der Waals surface area contributed by atoms with Gasteiger partial charge in [0.25, 0.3) is 0 Å². The molecule has 0 heterocycles. The Kier molecular flexibility index (Phi) is 4.52. The number of hydrogen-bond acceptors (Lipinski definition) is 6. The highest BCUT2D eigenvalue weighted by atomic mass is 16.7. The Hall–Kier alpha value is -2.64. The third-order valence-corrected chi connectivity index (χ3v) is 2.54. The quantitative estimate of drug-likeness (QED) is 0.300. The van der Waals surface area contributed by atoms with Crippen LogP contribution in [0.2, 0.25) is 0 Å². The molecule has 8 nitrogen and oxygen atoms in total. The number of hydrogen-bond donors (Lipinski definition) is 1. The van der Waals surface area contributed by atoms with E-state index in [0.717, 1.165) is 6.07 Å². The number of esters is 1. The summed E-state index contributed by atoms with van der Waals surface area (Å²) in [5.41, 5.74) is -1.33. The molecule has 0 unspecified atom stereocenters. The van der Waals surface area contributed by atoms with Gasteiger partial charge in [-0.3, -0.25) is 14.9 Å². The van der Waals surface area contributed by atoms with Crippen LogP contribution in [0.1, 0.15) is 26.3 Å². The van der Waals surface area contributed by atoms with Crippen LogP contribution in [0.15, 0.2) is 12.1 Å². The van der Waals surface area contributed by atoms with Crippen LogP contribution < -0.4 is 9.47 Å². The summed E-state index contributed by atoms with van der Waals surface area (Å²) in [6.07, 6.45) is -1.67. The number of nitro benzene ring substituents is 1. The zero-order valence-electron chi connectivity index (χ0n) is 12.0. The summed E-state index contributed by atoms with van der Waals surface area (Å²) in [6, 6.07) is 2.33. The molecule has 0 bridgehead atoms. The van der Waals surface area contributed by atoms with E-state index in [0.29, 0.717) is 0 Å². The van der Waals surface area contributed by atoms with E-state index in [4.69, 9.17) is 9.84 Å². The van der Waals surface area contributed by atoms with Gasteiger partial charge in [0, 0.05) is 0 Å². The first-order chi connectivity index (χ1) is 9.54. The van der Waals surface area contributed by atoms with Crippen molar-refractivity contribution in [2.75, 3.05) is 0 Å². The molecule has 1 aromatic rings. The summed E-state index contributed by atoms with van der Waals surface area (Å²) in [5, 5.41) is 19.6. The number of carbonyl (C=O) groups is 2. The monoisotopic (exact) mass is 297 g/mol. The Labute approximate surface area is 120 Å². The molecular weight excluding hydrogens is 282 g/mol. The lowest BCUT2D eigenvalue weighted by molar-refractivity contribution is -0.386. The van der Waals surface area contributed by atoms with Gasteiger partial charge in [-0.05, 0) is 39.8 Å². The number of carboxylic acid groups (broad SMARTS) is 1. The minimum atomic E-state index is -1.67. The average Bonchev–Trinajstić information content (AvgIpc) is 2.30. The lowest BCUT2D eigenvalue weighted by Gasteiger charge is -2.17. The van der Waals surface area contributed by atoms with Gasteiger partial charge < -0.3 is 14.6 Å². The second-order valence-electron chi connectivity index (χ2n) is 5.30. The molecule has 0 saturated carbocycles. The van der Waals surface area contributed by atoms with Crippen LogP contribution in [0.3, 0.4) is 0 Å². The van der Waals surface area contributed by atoms with E-state index in [-0.39, 0.29) is 11.3 Å². The van der Waals surface area contributed by atoms with E-state index in [1.807, 2.05) is 0 Å². The molecule has 8 heteroatoms. The largest absolute Gasteiger partial charge is 0.511 e. The molecule has 0 spiro atoms. The number of nitrogens with zero attached hydrogens (tertiary/aromatic N) is 1. The highest BCUT2D eigenvalue weighted by Crippen LogP contribution is 2.37. The third-order valence-electron chi connectivity index (χ3n) is 2.54. The van der Waals surface area contributed by atoms with Crippen LogP contribution in [-0.2, 0) is 4.79 Å². The molecule has 0 aliphatic carbocycles. The van der Waals surface area contributed by atoms with Crippen molar-refractivity contribution in [1.29, 1.82) is 0 Å². The standard InChI is InChI=1S/C13H15NO7/c1-7-8(20-11(15)13(2,3)4)5-6-9(21-12(16)17)10(7)14(18)19/h5-6H,1-4H3,(H,16,17). The van der Waals surface area contributed by atoms with Gasteiger partial charge in [0.15, 0.2) is 0 Å². The smallest absolute Gasteiger partial charge is 0.449 e. The fraction of sp³-hybridized carbons (Fsp3) is 0.385. The Morgan fingerprint density at radius 1 is 1.19 bits per heavy atom. The molecule has 0 aliphatic heterocycles. The van der Waals surface area contributed by atoms with Crippen molar-refractivity contribution in [3.63, 3.8) is 0 Å². The first kappa shape index (κ1) is 16.4. The minimum absolute atomic E-state index is 0.0105. The maximum Gasteiger partial charge on any atom is 0.511 e. The van der Waals surface area contributed by atoms with Gasteiger partial charge in [-0.1, -0.05) is 0 Å². The Balaban J connectivity index is 3.26. The summed E-state index contributed by atoms with van der Waals surface area (Å²) >= 11 is 0. The van der Waals surface area contributed by atoms with E-state index in [2.05, 4.69) is 4.74 Å². The lowest BCUT2D eigenvalue weighted by atomic mass is 9.97. The zero-order valence-corrected chi connectivity index (χ0v) is 12.0. The Morgan fingerprint density at radius 3 is 2.14 bits per heavy atom. The molecule has 21 heavy (non-hydrogen) atoms. The fourth-order valence-corrected chi connectivity index (χ4v) is 1.42. The average molecular weight is 297 g/mol. The summed E-state index contributed by atoms with van der Waals surface area (Å²) in [4.78, 5) is 32.6. The number of benzene rings is 1. The highest BCUT2D eigenvalue weighted by molar-refractivity contribution is 5.79. The summed E-state index contributed by atoms with van der Waals surface area (Å²) < 4.78 is 9.46. The van der Waals surface area contributed by atoms with Gasteiger partial charge in [0.2, 0.25) is 5.75 Å². The number of ether oxygens (including phenoxy) is 2. The molecule has 0 radical (unpaired) electrons. The van der Waals surface area contributed by atoms with Crippen LogP contribution in [0.4, 0.5) is 10.5 Å². The third kappa shape index (κ3) is 3.91. The minimum Gasteiger partial charge on any atom is -0.449 e. The molecule has 0 amide bonds. The molecule has 0 saturated heterocycles. The summed E-state index contributed by atoms with van der Waals surface area (Å²) in [7, 11) is 0. The van der Waals surface area contributed by atoms with Crippen molar-refractivity contribution in [2.24, 2.45) is 5.41 Å². The molecular formula is C13H15NO7. The van der Waals surface area contributed by atoms with Gasteiger partial charge in [0.1, 0.15) is 5.75 Å². The van der Waals surface area contributed by atoms with Crippen molar-refractivity contribution >= 4 is 17.8 Å². The predicted molar refractivity (Wildman–Crippen MR) is 71.6 cm³/mol. The molecule has 0 fully saturated rings. The lowest BCUT2D eigenvalue weighted by Crippen LogP contribution is -2.26. The van der Waals surface area contributed by atoms with E-state index in [9.17, 15) is 19.7 Å². The molecule has 0 aromatic heterocycles. The second kappa shape index (κ2) is 5.78. The van der Waals surface area contributed by atoms with Crippen molar-refractivity contribution in [3.8, 4) is 11.5 Å². The summed E-state index contributed by atoms with van der Waals surface area (Å²) in [6.45, 7) is 6.26. The fourth-order valence-electron chi connectivity index (χ4n) is 1.42. The molecule has 114 valence electrons. The number of rotatable bonds is 3. The van der Waals surface area contributed by atoms with Crippen LogP contribution in [0.25, 0.3) is 0 Å². The highest BCUT2D eigenvalue weighted by Gasteiger charge is 2.28. The maximum absolute atomic E-state index is 11.8. The van der Waals surface area contributed by atoms with Crippen molar-refractivity contribution in [2.45, 2.75) is 27.7 Å². The zero-order chi connectivity index (χ0) is 16.4. The topological polar surface area (TPSA) is 116 Å². The van der Waals surface area contributed by atoms with Crippen molar-refractivity contribution in [3.05, 3.63) is 27.8 Å². The normalized spacial score (nSPS) is 10.9. The molecule has 0 atom stereocenters. The molecule has 1 aromatic carbocycles. The first-order valence-corrected chi connectivity index (χ1v) is 5.95. The van der Waals surface area contributed by atoms with E-state index < -0.39 is 33.9 Å². The maximum atomic E-state index is 11.8. The van der Waals surface area contributed by atoms with E-state index in [1.165, 1.54) is 13.0 Å². The first-order valence-electron chi connectivity index (χ1n) is 5.95. The van der Waals surface area contributed by atoms with Crippen molar-refractivity contribution in [1.82, 2.24) is 0 Å². The van der Waals surface area contributed by atoms with Crippen molar-refractivity contribution < 1.29 is 29.1 Å². The van der Waals surface area contributed by atoms with Crippen LogP contribution >= 0.6 is 0 Å². The molecule has 1 rings (SSSR count). The summed E-state index contributed by atoms with van der Waals surface area (Å²) in [5.74, 6) is -1.01. The Morgan fingerprint density at radius 2 is 1.71 bits per heavy atom. The van der Waals surface area contributed by atoms with Crippen LogP contribution in [0, 0.1) is 22.5 Å².